The summed E-state index contributed by atoms with van der Waals surface area (Å²) in [6, 6.07) is 19.0. The summed E-state index contributed by atoms with van der Waals surface area (Å²) < 4.78 is 11.4. The van der Waals surface area contributed by atoms with E-state index in [1.54, 1.807) is 6.08 Å². The standard InChI is InChI=1S/C23H28NO4.ClH/c1-24(2,3)17-21(16-23(26)27-18-20-12-8-5-9-13-20)28-22(25)15-14-19-10-6-4-7-11-19;/h4-15,21H,16-18H2,1-3H3;1H/q+1;/p-1/b15-14+;/t21-;/m1./s1. The van der Waals surface area contributed by atoms with Gasteiger partial charge in [-0.15, -0.1) is 0 Å². The van der Waals surface area contributed by atoms with Gasteiger partial charge in [0.15, 0.2) is 6.10 Å². The van der Waals surface area contributed by atoms with Crippen LogP contribution in [0.3, 0.4) is 0 Å². The van der Waals surface area contributed by atoms with Crippen LogP contribution in [0.2, 0.25) is 0 Å². The van der Waals surface area contributed by atoms with E-state index in [9.17, 15) is 9.59 Å². The molecule has 0 aliphatic carbocycles. The second-order valence-electron chi connectivity index (χ2n) is 7.63. The molecule has 29 heavy (non-hydrogen) atoms. The lowest BCUT2D eigenvalue weighted by molar-refractivity contribution is -0.873. The van der Waals surface area contributed by atoms with Gasteiger partial charge in [0.2, 0.25) is 0 Å². The Kier molecular flexibility index (Phi) is 10.1. The van der Waals surface area contributed by atoms with E-state index < -0.39 is 12.1 Å². The van der Waals surface area contributed by atoms with Gasteiger partial charge in [-0.3, -0.25) is 4.79 Å². The van der Waals surface area contributed by atoms with Crippen molar-refractivity contribution >= 4 is 18.0 Å². The summed E-state index contributed by atoms with van der Waals surface area (Å²) in [4.78, 5) is 24.4. The molecule has 0 heterocycles. The van der Waals surface area contributed by atoms with Gasteiger partial charge < -0.3 is 26.4 Å². The third kappa shape index (κ3) is 10.5. The van der Waals surface area contributed by atoms with Crippen molar-refractivity contribution in [3.8, 4) is 0 Å². The van der Waals surface area contributed by atoms with Gasteiger partial charge in [-0.1, -0.05) is 60.7 Å². The minimum Gasteiger partial charge on any atom is -1.00 e. The molecule has 0 saturated heterocycles. The summed E-state index contributed by atoms with van der Waals surface area (Å²) in [5, 5.41) is 0. The van der Waals surface area contributed by atoms with E-state index in [1.807, 2.05) is 81.8 Å². The van der Waals surface area contributed by atoms with Crippen LogP contribution in [0.15, 0.2) is 66.7 Å². The Labute approximate surface area is 178 Å². The van der Waals surface area contributed by atoms with Crippen LogP contribution < -0.4 is 12.4 Å². The van der Waals surface area contributed by atoms with E-state index in [0.717, 1.165) is 11.1 Å². The van der Waals surface area contributed by atoms with Crippen LogP contribution in [-0.4, -0.2) is 50.2 Å². The van der Waals surface area contributed by atoms with Gasteiger partial charge in [0.25, 0.3) is 0 Å². The van der Waals surface area contributed by atoms with Crippen molar-refractivity contribution in [3.63, 3.8) is 0 Å². The summed E-state index contributed by atoms with van der Waals surface area (Å²) >= 11 is 0. The predicted octanol–water partition coefficient (Wildman–Crippen LogP) is 0.455. The molecule has 0 unspecified atom stereocenters. The lowest BCUT2D eigenvalue weighted by Crippen LogP contribution is -3.00. The lowest BCUT2D eigenvalue weighted by atomic mass is 10.2. The van der Waals surface area contributed by atoms with Crippen LogP contribution in [0.1, 0.15) is 17.5 Å². The molecule has 0 bridgehead atoms. The number of likely N-dealkylation sites (N-methyl/N-ethyl adjacent to an activating group) is 1. The van der Waals surface area contributed by atoms with E-state index in [1.165, 1.54) is 6.08 Å². The molecule has 0 aliphatic heterocycles. The van der Waals surface area contributed by atoms with E-state index in [2.05, 4.69) is 0 Å². The average molecular weight is 418 g/mol. The maximum atomic E-state index is 12.2. The Hall–Kier alpha value is -2.63. The normalized spacial score (nSPS) is 12.1. The van der Waals surface area contributed by atoms with Crippen LogP contribution in [0.25, 0.3) is 6.08 Å². The number of benzene rings is 2. The SMILES string of the molecule is C[N+](C)(C)C[C@@H](CC(=O)OCc1ccccc1)OC(=O)/C=C/c1ccccc1.[Cl-]. The summed E-state index contributed by atoms with van der Waals surface area (Å²) in [5.74, 6) is -0.861. The fourth-order valence-corrected chi connectivity index (χ4v) is 2.67. The Morgan fingerprint density at radius 3 is 2.14 bits per heavy atom. The van der Waals surface area contributed by atoms with Crippen LogP contribution in [0, 0.1) is 0 Å². The topological polar surface area (TPSA) is 52.6 Å². The van der Waals surface area contributed by atoms with Crippen molar-refractivity contribution in [2.75, 3.05) is 27.7 Å². The second-order valence-corrected chi connectivity index (χ2v) is 7.63. The molecule has 5 nitrogen and oxygen atoms in total. The first-order valence-corrected chi connectivity index (χ1v) is 9.25. The van der Waals surface area contributed by atoms with Gasteiger partial charge in [0, 0.05) is 6.08 Å². The molecule has 0 saturated carbocycles. The van der Waals surface area contributed by atoms with Crippen molar-refractivity contribution in [1.29, 1.82) is 0 Å². The molecule has 0 aromatic heterocycles. The molecule has 1 atom stereocenters. The first-order chi connectivity index (χ1) is 13.3. The van der Waals surface area contributed by atoms with Gasteiger partial charge >= 0.3 is 11.9 Å². The molecule has 0 radical (unpaired) electrons. The van der Waals surface area contributed by atoms with E-state index >= 15 is 0 Å². The van der Waals surface area contributed by atoms with Crippen LogP contribution in [0.4, 0.5) is 0 Å². The Morgan fingerprint density at radius 1 is 0.966 bits per heavy atom. The number of quaternary nitrogens is 1. The zero-order valence-electron chi connectivity index (χ0n) is 17.1. The number of esters is 2. The highest BCUT2D eigenvalue weighted by atomic mass is 35.5. The minimum atomic E-state index is -0.559. The molecule has 2 rings (SSSR count). The fourth-order valence-electron chi connectivity index (χ4n) is 2.67. The Balaban J connectivity index is 0.00000420. The summed E-state index contributed by atoms with van der Waals surface area (Å²) in [5.41, 5.74) is 1.83. The van der Waals surface area contributed by atoms with Crippen molar-refractivity contribution in [1.82, 2.24) is 0 Å². The molecule has 0 fully saturated rings. The van der Waals surface area contributed by atoms with Gasteiger partial charge in [0.05, 0.1) is 27.6 Å². The lowest BCUT2D eigenvalue weighted by Gasteiger charge is -2.28. The largest absolute Gasteiger partial charge is 1.00 e. The van der Waals surface area contributed by atoms with E-state index in [0.29, 0.717) is 11.0 Å². The number of halogens is 1. The third-order valence-electron chi connectivity index (χ3n) is 3.88. The molecule has 2 aromatic rings. The summed E-state index contributed by atoms with van der Waals surface area (Å²) in [7, 11) is 5.95. The zero-order chi connectivity index (χ0) is 20.4. The number of hydrogen-bond donors (Lipinski definition) is 0. The van der Waals surface area contributed by atoms with Gasteiger partial charge in [-0.25, -0.2) is 4.79 Å². The monoisotopic (exact) mass is 417 g/mol. The number of nitrogens with zero attached hydrogens (tertiary/aromatic N) is 1. The Morgan fingerprint density at radius 2 is 1.55 bits per heavy atom. The average Bonchev–Trinajstić information content (AvgIpc) is 2.65. The molecule has 0 aliphatic rings. The molecular formula is C23H28ClNO4. The fraction of sp³-hybridized carbons (Fsp3) is 0.304. The van der Waals surface area contributed by atoms with E-state index in [-0.39, 0.29) is 31.4 Å². The molecule has 2 aromatic carbocycles. The van der Waals surface area contributed by atoms with Gasteiger partial charge in [-0.05, 0) is 17.2 Å². The van der Waals surface area contributed by atoms with Crippen molar-refractivity contribution < 1.29 is 36.0 Å². The zero-order valence-corrected chi connectivity index (χ0v) is 17.8. The van der Waals surface area contributed by atoms with Crippen LogP contribution in [-0.2, 0) is 25.7 Å². The highest BCUT2D eigenvalue weighted by molar-refractivity contribution is 5.87. The highest BCUT2D eigenvalue weighted by Gasteiger charge is 2.25. The van der Waals surface area contributed by atoms with Gasteiger partial charge in [0.1, 0.15) is 13.2 Å². The first kappa shape index (κ1) is 24.4. The first-order valence-electron chi connectivity index (χ1n) is 9.25. The highest BCUT2D eigenvalue weighted by Crippen LogP contribution is 2.10. The molecule has 0 amide bonds. The quantitative estimate of drug-likeness (QED) is 0.338. The number of hydrogen-bond acceptors (Lipinski definition) is 4. The third-order valence-corrected chi connectivity index (χ3v) is 3.88. The summed E-state index contributed by atoms with van der Waals surface area (Å²) in [6.45, 7) is 0.712. The molecule has 0 spiro atoms. The van der Waals surface area contributed by atoms with Gasteiger partial charge in [-0.2, -0.15) is 0 Å². The van der Waals surface area contributed by atoms with Crippen LogP contribution >= 0.6 is 0 Å². The number of carbonyl (C=O) groups is 2. The predicted molar refractivity (Wildman–Crippen MR) is 109 cm³/mol. The number of ether oxygens (including phenoxy) is 2. The van der Waals surface area contributed by atoms with Crippen LogP contribution in [0.5, 0.6) is 0 Å². The minimum absolute atomic E-state index is 0. The van der Waals surface area contributed by atoms with Crippen molar-refractivity contribution in [2.45, 2.75) is 19.1 Å². The maximum Gasteiger partial charge on any atom is 0.331 e. The smallest absolute Gasteiger partial charge is 0.331 e. The molecule has 156 valence electrons. The molecule has 0 N–H and O–H groups in total. The molecule has 6 heteroatoms. The van der Waals surface area contributed by atoms with Crippen molar-refractivity contribution in [3.05, 3.63) is 77.9 Å². The second kappa shape index (κ2) is 12.0. The summed E-state index contributed by atoms with van der Waals surface area (Å²) in [6.07, 6.45) is 2.54. The van der Waals surface area contributed by atoms with Crippen molar-refractivity contribution in [2.24, 2.45) is 0 Å². The molecular weight excluding hydrogens is 390 g/mol. The maximum absolute atomic E-state index is 12.2. The number of rotatable bonds is 9. The van der Waals surface area contributed by atoms with E-state index in [4.69, 9.17) is 9.47 Å². The Bertz CT molecular complexity index is 786. The number of carbonyl (C=O) groups excluding carboxylic acids is 2.